The van der Waals surface area contributed by atoms with Gasteiger partial charge in [0.1, 0.15) is 0 Å². The third-order valence-electron chi connectivity index (χ3n) is 7.53. The number of ketones is 1. The average Bonchev–Trinajstić information content (AvgIpc) is 2.76. The Balaban J connectivity index is 1.71. The van der Waals surface area contributed by atoms with E-state index in [1.54, 1.807) is 5.57 Å². The summed E-state index contributed by atoms with van der Waals surface area (Å²) in [6, 6.07) is 0. The van der Waals surface area contributed by atoms with E-state index in [1.165, 1.54) is 31.3 Å². The molecule has 0 spiro atoms. The maximum Gasteiger partial charge on any atom is 0.178 e. The van der Waals surface area contributed by atoms with Gasteiger partial charge in [0.2, 0.25) is 0 Å². The van der Waals surface area contributed by atoms with Crippen LogP contribution in [-0.2, 0) is 4.79 Å². The standard InChI is InChI=1S/C20H26O/c1-13-4-7-17-16-6-5-14-12-15(21)8-10-20(14,3)18(16)9-11-19(13,17)2/h4,8,10,12,16-18H,5-7,9,11H2,1-3H3/t16?,17?,18?,19-,20+/m1/s1. The van der Waals surface area contributed by atoms with E-state index in [1.807, 2.05) is 12.2 Å². The molecule has 3 unspecified atom stereocenters. The summed E-state index contributed by atoms with van der Waals surface area (Å²) in [7, 11) is 0. The molecule has 1 nitrogen and oxygen atoms in total. The van der Waals surface area contributed by atoms with Crippen LogP contribution in [0.5, 0.6) is 0 Å². The molecule has 0 radical (unpaired) electrons. The van der Waals surface area contributed by atoms with E-state index in [0.29, 0.717) is 5.41 Å². The molecular formula is C20H26O. The number of rotatable bonds is 0. The van der Waals surface area contributed by atoms with Gasteiger partial charge in [-0.3, -0.25) is 4.79 Å². The second kappa shape index (κ2) is 4.21. The summed E-state index contributed by atoms with van der Waals surface area (Å²) in [6.07, 6.45) is 14.8. The van der Waals surface area contributed by atoms with Crippen LogP contribution < -0.4 is 0 Å². The second-order valence-corrected chi connectivity index (χ2v) is 8.18. The van der Waals surface area contributed by atoms with Gasteiger partial charge in [0.05, 0.1) is 0 Å². The third kappa shape index (κ3) is 1.67. The molecule has 4 aliphatic carbocycles. The highest BCUT2D eigenvalue weighted by atomic mass is 16.1. The van der Waals surface area contributed by atoms with Crippen molar-refractivity contribution in [2.75, 3.05) is 0 Å². The van der Waals surface area contributed by atoms with Crippen LogP contribution in [-0.4, -0.2) is 5.78 Å². The van der Waals surface area contributed by atoms with Crippen molar-refractivity contribution < 1.29 is 4.79 Å². The molecule has 0 N–H and O–H groups in total. The lowest BCUT2D eigenvalue weighted by atomic mass is 9.48. The quantitative estimate of drug-likeness (QED) is 0.580. The van der Waals surface area contributed by atoms with Gasteiger partial charge in [0.15, 0.2) is 5.78 Å². The van der Waals surface area contributed by atoms with E-state index in [-0.39, 0.29) is 11.2 Å². The zero-order valence-electron chi connectivity index (χ0n) is 13.5. The lowest BCUT2D eigenvalue weighted by molar-refractivity contribution is -0.111. The van der Waals surface area contributed by atoms with Crippen molar-refractivity contribution in [3.05, 3.63) is 35.5 Å². The maximum atomic E-state index is 11.7. The molecule has 2 saturated carbocycles. The van der Waals surface area contributed by atoms with Gasteiger partial charge in [-0.05, 0) is 74.3 Å². The number of hydrogen-bond acceptors (Lipinski definition) is 1. The second-order valence-electron chi connectivity index (χ2n) is 8.18. The first-order chi connectivity index (χ1) is 9.95. The predicted octanol–water partition coefficient (Wildman–Crippen LogP) is 4.85. The minimum Gasteiger partial charge on any atom is -0.290 e. The van der Waals surface area contributed by atoms with Crippen molar-refractivity contribution in [1.82, 2.24) is 0 Å². The number of fused-ring (bicyclic) bond motifs is 5. The van der Waals surface area contributed by atoms with Gasteiger partial charge in [-0.2, -0.15) is 0 Å². The van der Waals surface area contributed by atoms with E-state index in [2.05, 4.69) is 32.9 Å². The van der Waals surface area contributed by atoms with Crippen molar-refractivity contribution >= 4 is 5.78 Å². The van der Waals surface area contributed by atoms with Gasteiger partial charge < -0.3 is 0 Å². The Bertz CT molecular complexity index is 593. The van der Waals surface area contributed by atoms with E-state index < -0.39 is 0 Å². The molecule has 4 aliphatic rings. The molecule has 112 valence electrons. The minimum absolute atomic E-state index is 0.147. The zero-order chi connectivity index (χ0) is 14.8. The molecule has 1 heteroatoms. The van der Waals surface area contributed by atoms with Gasteiger partial charge in [0.25, 0.3) is 0 Å². The van der Waals surface area contributed by atoms with E-state index in [9.17, 15) is 4.79 Å². The zero-order valence-corrected chi connectivity index (χ0v) is 13.5. The Morgan fingerprint density at radius 3 is 2.81 bits per heavy atom. The van der Waals surface area contributed by atoms with Gasteiger partial charge in [-0.1, -0.05) is 37.1 Å². The average molecular weight is 282 g/mol. The maximum absolute atomic E-state index is 11.7. The monoisotopic (exact) mass is 282 g/mol. The first-order valence-corrected chi connectivity index (χ1v) is 8.56. The van der Waals surface area contributed by atoms with Gasteiger partial charge in [-0.15, -0.1) is 0 Å². The summed E-state index contributed by atoms with van der Waals surface area (Å²) in [5.74, 6) is 2.59. The molecular weight excluding hydrogens is 256 g/mol. The Hall–Kier alpha value is -1.11. The van der Waals surface area contributed by atoms with Crippen molar-refractivity contribution in [1.29, 1.82) is 0 Å². The molecule has 0 heterocycles. The number of carbonyl (C=O) groups is 1. The SMILES string of the molecule is CC1=CCC2C3CCC4=CC(=O)C=C[C@]4(C)C3CC[C@]12C. The molecule has 0 saturated heterocycles. The van der Waals surface area contributed by atoms with Gasteiger partial charge in [0, 0.05) is 5.41 Å². The minimum atomic E-state index is 0.147. The Morgan fingerprint density at radius 1 is 1.19 bits per heavy atom. The van der Waals surface area contributed by atoms with E-state index in [0.717, 1.165) is 24.2 Å². The molecule has 2 fully saturated rings. The fraction of sp³-hybridized carbons (Fsp3) is 0.650. The largest absolute Gasteiger partial charge is 0.290 e. The summed E-state index contributed by atoms with van der Waals surface area (Å²) >= 11 is 0. The topological polar surface area (TPSA) is 17.1 Å². The lowest BCUT2D eigenvalue weighted by Gasteiger charge is -2.56. The van der Waals surface area contributed by atoms with Crippen LogP contribution in [0.25, 0.3) is 0 Å². The Labute approximate surface area is 128 Å². The van der Waals surface area contributed by atoms with Crippen LogP contribution in [0, 0.1) is 28.6 Å². The first-order valence-electron chi connectivity index (χ1n) is 8.56. The van der Waals surface area contributed by atoms with E-state index in [4.69, 9.17) is 0 Å². The number of hydrogen-bond donors (Lipinski definition) is 0. The molecule has 4 rings (SSSR count). The van der Waals surface area contributed by atoms with Crippen molar-refractivity contribution in [2.45, 2.75) is 52.9 Å². The Kier molecular flexibility index (Phi) is 2.72. The Morgan fingerprint density at radius 2 is 2.00 bits per heavy atom. The summed E-state index contributed by atoms with van der Waals surface area (Å²) < 4.78 is 0. The first kappa shape index (κ1) is 13.5. The van der Waals surface area contributed by atoms with Gasteiger partial charge in [-0.25, -0.2) is 0 Å². The molecule has 0 aromatic heterocycles. The summed E-state index contributed by atoms with van der Waals surface area (Å²) in [5.41, 5.74) is 3.64. The molecule has 0 aromatic rings. The molecule has 0 amide bonds. The summed E-state index contributed by atoms with van der Waals surface area (Å²) in [5, 5.41) is 0. The van der Waals surface area contributed by atoms with Crippen molar-refractivity contribution in [3.63, 3.8) is 0 Å². The lowest BCUT2D eigenvalue weighted by Crippen LogP contribution is -2.48. The normalized spacial score (nSPS) is 48.1. The fourth-order valence-corrected chi connectivity index (χ4v) is 5.98. The molecule has 21 heavy (non-hydrogen) atoms. The van der Waals surface area contributed by atoms with Crippen LogP contribution >= 0.6 is 0 Å². The predicted molar refractivity (Wildman–Crippen MR) is 85.8 cm³/mol. The highest BCUT2D eigenvalue weighted by Gasteiger charge is 2.55. The highest BCUT2D eigenvalue weighted by molar-refractivity contribution is 6.01. The van der Waals surface area contributed by atoms with Crippen LogP contribution in [0.15, 0.2) is 35.5 Å². The molecule has 0 aromatic carbocycles. The van der Waals surface area contributed by atoms with Crippen molar-refractivity contribution in [2.24, 2.45) is 28.6 Å². The van der Waals surface area contributed by atoms with Crippen molar-refractivity contribution in [3.8, 4) is 0 Å². The fourth-order valence-electron chi connectivity index (χ4n) is 5.98. The number of allylic oxidation sites excluding steroid dienone is 6. The molecule has 5 atom stereocenters. The smallest absolute Gasteiger partial charge is 0.178 e. The van der Waals surface area contributed by atoms with Crippen LogP contribution in [0.1, 0.15) is 52.9 Å². The summed E-state index contributed by atoms with van der Waals surface area (Å²) in [6.45, 7) is 7.23. The number of carbonyl (C=O) groups excluding carboxylic acids is 1. The van der Waals surface area contributed by atoms with Crippen LogP contribution in [0.3, 0.4) is 0 Å². The molecule has 0 bridgehead atoms. The summed E-state index contributed by atoms with van der Waals surface area (Å²) in [4.78, 5) is 11.7. The van der Waals surface area contributed by atoms with Crippen LogP contribution in [0.4, 0.5) is 0 Å². The van der Waals surface area contributed by atoms with E-state index >= 15 is 0 Å². The highest BCUT2D eigenvalue weighted by Crippen LogP contribution is 2.64. The third-order valence-corrected chi connectivity index (χ3v) is 7.53. The molecule has 0 aliphatic heterocycles. The van der Waals surface area contributed by atoms with Crippen LogP contribution in [0.2, 0.25) is 0 Å². The van der Waals surface area contributed by atoms with Gasteiger partial charge >= 0.3 is 0 Å².